The van der Waals surface area contributed by atoms with E-state index in [4.69, 9.17) is 5.73 Å². The number of Topliss-reactive ketones (excluding diaryl/α,β-unsaturated/α-hetero) is 1. The highest BCUT2D eigenvalue weighted by molar-refractivity contribution is 5.90. The molecule has 2 N–H and O–H groups in total. The minimum atomic E-state index is -0.465. The molecule has 1 rings (SSSR count). The minimum Gasteiger partial charge on any atom is -0.368 e. The topological polar surface area (TPSA) is 80.5 Å². The van der Waals surface area contributed by atoms with Gasteiger partial charge in [0.1, 0.15) is 11.8 Å². The molecular formula is C9H14N2O3. The fourth-order valence-electron chi connectivity index (χ4n) is 1.41. The summed E-state index contributed by atoms with van der Waals surface area (Å²) in [5, 5.41) is 0. The van der Waals surface area contributed by atoms with Crippen molar-refractivity contribution in [2.24, 2.45) is 5.73 Å². The van der Waals surface area contributed by atoms with Crippen molar-refractivity contribution in [2.45, 2.75) is 32.2 Å². The highest BCUT2D eigenvalue weighted by atomic mass is 16.2. The number of carbonyl (C=O) groups is 3. The highest BCUT2D eigenvalue weighted by Gasteiger charge is 2.35. The van der Waals surface area contributed by atoms with Gasteiger partial charge in [-0.05, 0) is 13.3 Å². The SMILES string of the molecule is CC(=O)CCC(=O)N1CCC1C(N)=O. The van der Waals surface area contributed by atoms with E-state index in [0.29, 0.717) is 13.0 Å². The van der Waals surface area contributed by atoms with Crippen molar-refractivity contribution in [1.29, 1.82) is 0 Å². The minimum absolute atomic E-state index is 0.0190. The molecule has 14 heavy (non-hydrogen) atoms. The van der Waals surface area contributed by atoms with Crippen LogP contribution in [0.15, 0.2) is 0 Å². The summed E-state index contributed by atoms with van der Waals surface area (Å²) in [5.41, 5.74) is 5.08. The van der Waals surface area contributed by atoms with Crippen LogP contribution in [-0.4, -0.2) is 35.1 Å². The number of hydrogen-bond acceptors (Lipinski definition) is 3. The standard InChI is InChI=1S/C9H14N2O3/c1-6(12)2-3-8(13)11-5-4-7(11)9(10)14/h7H,2-5H2,1H3,(H2,10,14). The molecule has 78 valence electrons. The Bertz CT molecular complexity index is 275. The molecule has 1 unspecified atom stereocenters. The second-order valence-electron chi connectivity index (χ2n) is 3.50. The summed E-state index contributed by atoms with van der Waals surface area (Å²) in [6.07, 6.45) is 1.06. The first-order chi connectivity index (χ1) is 6.52. The molecule has 0 bridgehead atoms. The Morgan fingerprint density at radius 2 is 2.00 bits per heavy atom. The number of hydrogen-bond donors (Lipinski definition) is 1. The van der Waals surface area contributed by atoms with E-state index in [2.05, 4.69) is 0 Å². The van der Waals surface area contributed by atoms with Gasteiger partial charge in [0.2, 0.25) is 11.8 Å². The molecule has 0 saturated carbocycles. The summed E-state index contributed by atoms with van der Waals surface area (Å²) in [6.45, 7) is 2.01. The predicted octanol–water partition coefficient (Wildman–Crippen LogP) is -0.558. The van der Waals surface area contributed by atoms with E-state index >= 15 is 0 Å². The van der Waals surface area contributed by atoms with Crippen LogP contribution in [0.2, 0.25) is 0 Å². The summed E-state index contributed by atoms with van der Waals surface area (Å²) in [7, 11) is 0. The number of ketones is 1. The van der Waals surface area contributed by atoms with Crippen LogP contribution in [0.4, 0.5) is 0 Å². The molecule has 1 atom stereocenters. The first kappa shape index (κ1) is 10.7. The van der Waals surface area contributed by atoms with Crippen LogP contribution in [0.1, 0.15) is 26.2 Å². The molecule has 5 heteroatoms. The van der Waals surface area contributed by atoms with Crippen molar-refractivity contribution >= 4 is 17.6 Å². The number of rotatable bonds is 4. The lowest BCUT2D eigenvalue weighted by Crippen LogP contribution is -2.57. The van der Waals surface area contributed by atoms with Gasteiger partial charge in [0.25, 0.3) is 0 Å². The van der Waals surface area contributed by atoms with Crippen molar-refractivity contribution < 1.29 is 14.4 Å². The predicted molar refractivity (Wildman–Crippen MR) is 49.2 cm³/mol. The van der Waals surface area contributed by atoms with Gasteiger partial charge in [-0.2, -0.15) is 0 Å². The van der Waals surface area contributed by atoms with Crippen LogP contribution in [0.25, 0.3) is 0 Å². The fraction of sp³-hybridized carbons (Fsp3) is 0.667. The van der Waals surface area contributed by atoms with Crippen molar-refractivity contribution in [2.75, 3.05) is 6.54 Å². The molecule has 2 amide bonds. The Labute approximate surface area is 82.2 Å². The van der Waals surface area contributed by atoms with Gasteiger partial charge < -0.3 is 15.4 Å². The van der Waals surface area contributed by atoms with Crippen LogP contribution >= 0.6 is 0 Å². The molecule has 0 aliphatic carbocycles. The molecule has 5 nitrogen and oxygen atoms in total. The number of carbonyl (C=O) groups excluding carboxylic acids is 3. The van der Waals surface area contributed by atoms with Gasteiger partial charge in [-0.1, -0.05) is 0 Å². The van der Waals surface area contributed by atoms with Crippen molar-refractivity contribution in [1.82, 2.24) is 4.90 Å². The normalized spacial score (nSPS) is 20.1. The first-order valence-electron chi connectivity index (χ1n) is 4.60. The largest absolute Gasteiger partial charge is 0.368 e. The molecule has 1 aliphatic heterocycles. The zero-order valence-corrected chi connectivity index (χ0v) is 8.16. The first-order valence-corrected chi connectivity index (χ1v) is 4.60. The van der Waals surface area contributed by atoms with E-state index in [1.165, 1.54) is 11.8 Å². The Hall–Kier alpha value is -1.39. The summed E-state index contributed by atoms with van der Waals surface area (Å²) >= 11 is 0. The molecule has 1 aliphatic rings. The zero-order chi connectivity index (χ0) is 10.7. The second kappa shape index (κ2) is 4.21. The van der Waals surface area contributed by atoms with E-state index in [1.54, 1.807) is 0 Å². The Morgan fingerprint density at radius 1 is 1.36 bits per heavy atom. The number of primary amides is 1. The van der Waals surface area contributed by atoms with Gasteiger partial charge in [-0.3, -0.25) is 9.59 Å². The molecular weight excluding hydrogens is 184 g/mol. The lowest BCUT2D eigenvalue weighted by Gasteiger charge is -2.38. The van der Waals surface area contributed by atoms with Crippen LogP contribution in [0.5, 0.6) is 0 Å². The maximum atomic E-state index is 11.4. The molecule has 0 radical (unpaired) electrons. The third-order valence-electron chi connectivity index (χ3n) is 2.36. The Morgan fingerprint density at radius 3 is 2.36 bits per heavy atom. The fourth-order valence-corrected chi connectivity index (χ4v) is 1.41. The van der Waals surface area contributed by atoms with Crippen LogP contribution in [0, 0.1) is 0 Å². The van der Waals surface area contributed by atoms with Gasteiger partial charge in [0, 0.05) is 19.4 Å². The van der Waals surface area contributed by atoms with Crippen LogP contribution < -0.4 is 5.73 Å². The molecule has 0 spiro atoms. The number of nitrogens with two attached hydrogens (primary N) is 1. The average Bonchev–Trinajstić information content (AvgIpc) is 1.97. The summed E-state index contributed by atoms with van der Waals surface area (Å²) < 4.78 is 0. The molecule has 1 saturated heterocycles. The molecule has 1 fully saturated rings. The van der Waals surface area contributed by atoms with Crippen molar-refractivity contribution in [3.63, 3.8) is 0 Å². The van der Waals surface area contributed by atoms with Gasteiger partial charge in [0.15, 0.2) is 0 Å². The van der Waals surface area contributed by atoms with E-state index in [1.807, 2.05) is 0 Å². The second-order valence-corrected chi connectivity index (χ2v) is 3.50. The summed E-state index contributed by atoms with van der Waals surface area (Å²) in [5.74, 6) is -0.642. The quantitative estimate of drug-likeness (QED) is 0.657. The highest BCUT2D eigenvalue weighted by Crippen LogP contribution is 2.18. The molecule has 1 heterocycles. The Balaban J connectivity index is 2.38. The number of nitrogens with zero attached hydrogens (tertiary/aromatic N) is 1. The zero-order valence-electron chi connectivity index (χ0n) is 8.16. The third-order valence-corrected chi connectivity index (χ3v) is 2.36. The van der Waals surface area contributed by atoms with E-state index in [9.17, 15) is 14.4 Å². The van der Waals surface area contributed by atoms with Gasteiger partial charge >= 0.3 is 0 Å². The smallest absolute Gasteiger partial charge is 0.240 e. The van der Waals surface area contributed by atoms with Gasteiger partial charge in [-0.15, -0.1) is 0 Å². The molecule has 0 aromatic carbocycles. The Kier molecular flexibility index (Phi) is 3.22. The van der Waals surface area contributed by atoms with E-state index in [-0.39, 0.29) is 24.5 Å². The van der Waals surface area contributed by atoms with Gasteiger partial charge in [-0.25, -0.2) is 0 Å². The molecule has 0 aromatic heterocycles. The maximum absolute atomic E-state index is 11.4. The lowest BCUT2D eigenvalue weighted by molar-refractivity contribution is -0.146. The lowest BCUT2D eigenvalue weighted by atomic mass is 10.0. The van der Waals surface area contributed by atoms with E-state index < -0.39 is 11.9 Å². The van der Waals surface area contributed by atoms with Crippen LogP contribution in [-0.2, 0) is 14.4 Å². The van der Waals surface area contributed by atoms with Crippen LogP contribution in [0.3, 0.4) is 0 Å². The third kappa shape index (κ3) is 2.31. The molecule has 0 aromatic rings. The maximum Gasteiger partial charge on any atom is 0.240 e. The van der Waals surface area contributed by atoms with E-state index in [0.717, 1.165) is 0 Å². The monoisotopic (exact) mass is 198 g/mol. The van der Waals surface area contributed by atoms with Crippen molar-refractivity contribution in [3.8, 4) is 0 Å². The average molecular weight is 198 g/mol. The number of likely N-dealkylation sites (tertiary alicyclic amines) is 1. The number of amides is 2. The summed E-state index contributed by atoms with van der Waals surface area (Å²) in [4.78, 5) is 34.3. The van der Waals surface area contributed by atoms with Crippen molar-refractivity contribution in [3.05, 3.63) is 0 Å². The van der Waals surface area contributed by atoms with Gasteiger partial charge in [0.05, 0.1) is 0 Å². The summed E-state index contributed by atoms with van der Waals surface area (Å²) in [6, 6.07) is -0.450.